The topological polar surface area (TPSA) is 79.2 Å². The average molecular weight is 396 g/mol. The highest BCUT2D eigenvalue weighted by Crippen LogP contribution is 2.30. The van der Waals surface area contributed by atoms with Crippen LogP contribution in [0.4, 0.5) is 5.69 Å². The Bertz CT molecular complexity index is 960. The number of anilines is 1. The lowest BCUT2D eigenvalue weighted by atomic mass is 10.1. The number of carboxylic acid groups (broad SMARTS) is 1. The summed E-state index contributed by atoms with van der Waals surface area (Å²) in [4.78, 5) is 30.0. The van der Waals surface area contributed by atoms with Crippen LogP contribution in [0.1, 0.15) is 16.7 Å². The fourth-order valence-electron chi connectivity index (χ4n) is 2.88. The largest absolute Gasteiger partial charge is 0.497 e. The normalized spacial score (nSPS) is 15.1. The van der Waals surface area contributed by atoms with Gasteiger partial charge in [-0.15, -0.1) is 0 Å². The van der Waals surface area contributed by atoms with E-state index in [2.05, 4.69) is 4.99 Å². The molecular formula is C21H20N2O4S. The van der Waals surface area contributed by atoms with E-state index in [0.717, 1.165) is 34.2 Å². The Morgan fingerprint density at radius 1 is 1.18 bits per heavy atom. The number of rotatable bonds is 5. The van der Waals surface area contributed by atoms with Gasteiger partial charge in [0.25, 0.3) is 5.91 Å². The van der Waals surface area contributed by atoms with Crippen molar-refractivity contribution in [2.24, 2.45) is 4.99 Å². The molecule has 1 amide bonds. The van der Waals surface area contributed by atoms with E-state index in [1.165, 1.54) is 4.90 Å². The van der Waals surface area contributed by atoms with Gasteiger partial charge in [0, 0.05) is 0 Å². The van der Waals surface area contributed by atoms with Gasteiger partial charge >= 0.3 is 5.97 Å². The van der Waals surface area contributed by atoms with E-state index in [1.54, 1.807) is 25.3 Å². The fraction of sp³-hybridized carbons (Fsp3) is 0.190. The molecule has 1 N–H and O–H groups in total. The van der Waals surface area contributed by atoms with Crippen LogP contribution in [-0.4, -0.2) is 35.0 Å². The molecule has 1 aliphatic rings. The molecule has 0 atom stereocenters. The van der Waals surface area contributed by atoms with Crippen molar-refractivity contribution < 1.29 is 19.4 Å². The van der Waals surface area contributed by atoms with Crippen molar-refractivity contribution in [3.63, 3.8) is 0 Å². The van der Waals surface area contributed by atoms with Crippen LogP contribution in [0.15, 0.2) is 53.2 Å². The van der Waals surface area contributed by atoms with Gasteiger partial charge in [-0.3, -0.25) is 14.5 Å². The molecule has 28 heavy (non-hydrogen) atoms. The third-order valence-electron chi connectivity index (χ3n) is 4.04. The number of carbonyl (C=O) groups is 2. The lowest BCUT2D eigenvalue weighted by molar-refractivity contribution is -0.133. The van der Waals surface area contributed by atoms with Gasteiger partial charge in [-0.05, 0) is 60.9 Å². The number of hydrogen-bond acceptors (Lipinski definition) is 5. The van der Waals surface area contributed by atoms with E-state index >= 15 is 0 Å². The van der Waals surface area contributed by atoms with Crippen molar-refractivity contribution in [2.75, 3.05) is 17.8 Å². The number of carbonyl (C=O) groups excluding carboxylic acids is 1. The third-order valence-corrected chi connectivity index (χ3v) is 4.96. The van der Waals surface area contributed by atoms with E-state index in [0.29, 0.717) is 10.9 Å². The van der Waals surface area contributed by atoms with Crippen LogP contribution < -0.4 is 9.64 Å². The van der Waals surface area contributed by atoms with Gasteiger partial charge in [-0.1, -0.05) is 30.0 Å². The zero-order valence-corrected chi connectivity index (χ0v) is 16.6. The highest BCUT2D eigenvalue weighted by atomic mass is 32.2. The van der Waals surface area contributed by atoms with Crippen molar-refractivity contribution in [2.45, 2.75) is 13.8 Å². The zero-order chi connectivity index (χ0) is 20.3. The van der Waals surface area contributed by atoms with E-state index in [9.17, 15) is 9.59 Å². The first-order valence-corrected chi connectivity index (χ1v) is 9.57. The van der Waals surface area contributed by atoms with Crippen molar-refractivity contribution in [1.82, 2.24) is 0 Å². The van der Waals surface area contributed by atoms with Gasteiger partial charge in [-0.2, -0.15) is 0 Å². The number of aryl methyl sites for hydroxylation is 2. The molecule has 3 rings (SSSR count). The summed E-state index contributed by atoms with van der Waals surface area (Å²) < 4.78 is 5.15. The van der Waals surface area contributed by atoms with Crippen molar-refractivity contribution in [3.05, 3.63) is 64.9 Å². The number of aliphatic carboxylic acids is 1. The van der Waals surface area contributed by atoms with E-state index < -0.39 is 5.97 Å². The number of methoxy groups -OCH3 is 1. The van der Waals surface area contributed by atoms with Crippen molar-refractivity contribution >= 4 is 40.6 Å². The summed E-state index contributed by atoms with van der Waals surface area (Å²) in [5, 5.41) is 9.39. The SMILES string of the molecule is COc1ccc(/C=C2/N=C(SCC(=O)O)N(c3cc(C)cc(C)c3)C2=O)cc1. The van der Waals surface area contributed by atoms with Crippen LogP contribution in [0, 0.1) is 13.8 Å². The number of aliphatic imine (C=N–C) groups is 1. The zero-order valence-electron chi connectivity index (χ0n) is 15.8. The molecule has 0 aromatic heterocycles. The summed E-state index contributed by atoms with van der Waals surface area (Å²) in [7, 11) is 1.59. The Labute approximate surface area is 167 Å². The first-order chi connectivity index (χ1) is 13.4. The average Bonchev–Trinajstić information content (AvgIpc) is 2.95. The molecule has 144 valence electrons. The molecule has 1 aliphatic heterocycles. The lowest BCUT2D eigenvalue weighted by Crippen LogP contribution is -2.31. The minimum Gasteiger partial charge on any atom is -0.497 e. The van der Waals surface area contributed by atoms with Crippen molar-refractivity contribution in [3.8, 4) is 5.75 Å². The van der Waals surface area contributed by atoms with Crippen molar-refractivity contribution in [1.29, 1.82) is 0 Å². The van der Waals surface area contributed by atoms with Gasteiger partial charge in [0.05, 0.1) is 18.6 Å². The Morgan fingerprint density at radius 2 is 1.82 bits per heavy atom. The van der Waals surface area contributed by atoms with E-state index in [1.807, 2.05) is 44.2 Å². The van der Waals surface area contributed by atoms with Gasteiger partial charge in [0.15, 0.2) is 5.17 Å². The number of amides is 1. The van der Waals surface area contributed by atoms with Crippen LogP contribution in [0.5, 0.6) is 5.75 Å². The van der Waals surface area contributed by atoms with Gasteiger partial charge in [0.2, 0.25) is 0 Å². The number of benzene rings is 2. The van der Waals surface area contributed by atoms with E-state index in [4.69, 9.17) is 9.84 Å². The maximum absolute atomic E-state index is 13.1. The van der Waals surface area contributed by atoms with Gasteiger partial charge in [0.1, 0.15) is 11.4 Å². The molecule has 0 bridgehead atoms. The predicted octanol–water partition coefficient (Wildman–Crippen LogP) is 3.87. The molecular weight excluding hydrogens is 376 g/mol. The molecule has 1 heterocycles. The number of carboxylic acids is 1. The maximum atomic E-state index is 13.1. The number of nitrogens with zero attached hydrogens (tertiary/aromatic N) is 2. The summed E-state index contributed by atoms with van der Waals surface area (Å²) in [6, 6.07) is 13.1. The van der Waals surface area contributed by atoms with Crippen LogP contribution in [-0.2, 0) is 9.59 Å². The molecule has 0 spiro atoms. The molecule has 2 aromatic carbocycles. The second-order valence-corrected chi connectivity index (χ2v) is 7.31. The van der Waals surface area contributed by atoms with Crippen LogP contribution >= 0.6 is 11.8 Å². The highest BCUT2D eigenvalue weighted by Gasteiger charge is 2.32. The summed E-state index contributed by atoms with van der Waals surface area (Å²) >= 11 is 1.03. The number of ether oxygens (including phenoxy) is 1. The Balaban J connectivity index is 1.99. The summed E-state index contributed by atoms with van der Waals surface area (Å²) in [5.41, 5.74) is 3.77. The molecule has 0 fully saturated rings. The lowest BCUT2D eigenvalue weighted by Gasteiger charge is -2.18. The standard InChI is InChI=1S/C21H20N2O4S/c1-13-8-14(2)10-16(9-13)23-20(26)18(22-21(23)28-12-19(24)25)11-15-4-6-17(27-3)7-5-15/h4-11H,12H2,1-3H3,(H,24,25)/b18-11+. The molecule has 2 aromatic rings. The number of hydrogen-bond donors (Lipinski definition) is 1. The second kappa shape index (κ2) is 8.31. The van der Waals surface area contributed by atoms with Gasteiger partial charge < -0.3 is 9.84 Å². The van der Waals surface area contributed by atoms with Crippen LogP contribution in [0.3, 0.4) is 0 Å². The number of thioether (sulfide) groups is 1. The second-order valence-electron chi connectivity index (χ2n) is 6.37. The Hall–Kier alpha value is -3.06. The smallest absolute Gasteiger partial charge is 0.313 e. The molecule has 0 unspecified atom stereocenters. The maximum Gasteiger partial charge on any atom is 0.313 e. The van der Waals surface area contributed by atoms with Crippen LogP contribution in [0.25, 0.3) is 6.08 Å². The monoisotopic (exact) mass is 396 g/mol. The highest BCUT2D eigenvalue weighted by molar-refractivity contribution is 8.14. The number of amidine groups is 1. The molecule has 6 nitrogen and oxygen atoms in total. The molecule has 0 saturated carbocycles. The summed E-state index contributed by atoms with van der Waals surface area (Å²) in [5.74, 6) is -0.705. The Kier molecular flexibility index (Phi) is 5.84. The fourth-order valence-corrected chi connectivity index (χ4v) is 3.62. The minimum absolute atomic E-state index is 0.177. The summed E-state index contributed by atoms with van der Waals surface area (Å²) in [6.45, 7) is 3.90. The predicted molar refractivity (Wildman–Crippen MR) is 112 cm³/mol. The minimum atomic E-state index is -0.965. The quantitative estimate of drug-likeness (QED) is 0.776. The molecule has 0 saturated heterocycles. The molecule has 0 radical (unpaired) electrons. The van der Waals surface area contributed by atoms with Gasteiger partial charge in [-0.25, -0.2) is 4.99 Å². The first kappa shape index (κ1) is 19.7. The summed E-state index contributed by atoms with van der Waals surface area (Å²) in [6.07, 6.45) is 1.69. The first-order valence-electron chi connectivity index (χ1n) is 8.59. The molecule has 7 heteroatoms. The van der Waals surface area contributed by atoms with Crippen LogP contribution in [0.2, 0.25) is 0 Å². The molecule has 0 aliphatic carbocycles. The Morgan fingerprint density at radius 3 is 2.39 bits per heavy atom. The van der Waals surface area contributed by atoms with E-state index in [-0.39, 0.29) is 17.4 Å². The third kappa shape index (κ3) is 4.43.